The highest BCUT2D eigenvalue weighted by atomic mass is 35.5. The van der Waals surface area contributed by atoms with Crippen molar-refractivity contribution >= 4 is 45.1 Å². The first kappa shape index (κ1) is 17.4. The molecule has 0 atom stereocenters. The number of amides is 1. The van der Waals surface area contributed by atoms with E-state index in [9.17, 15) is 18.0 Å². The lowest BCUT2D eigenvalue weighted by Crippen LogP contribution is -2.29. The van der Waals surface area contributed by atoms with E-state index in [1.165, 1.54) is 18.2 Å². The molecule has 3 aromatic carbocycles. The predicted molar refractivity (Wildman–Crippen MR) is 96.6 cm³/mol. The molecule has 0 saturated carbocycles. The molecule has 27 heavy (non-hydrogen) atoms. The van der Waals surface area contributed by atoms with Crippen molar-refractivity contribution in [3.05, 3.63) is 59.6 Å². The molecule has 8 heteroatoms. The van der Waals surface area contributed by atoms with Gasteiger partial charge in [0.1, 0.15) is 5.52 Å². The highest BCUT2D eigenvalue weighted by Crippen LogP contribution is 2.34. The fourth-order valence-corrected chi connectivity index (χ4v) is 3.02. The molecule has 4 rings (SSSR count). The number of benzene rings is 3. The Morgan fingerprint density at radius 2 is 1.78 bits per heavy atom. The lowest BCUT2D eigenvalue weighted by atomic mass is 10.0. The number of carbonyl (C=O) groups excluding carboxylic acids is 1. The molecule has 4 nitrogen and oxygen atoms in total. The molecular formula is C19H10ClF3N2O2. The minimum Gasteiger partial charge on any atom is -0.436 e. The molecule has 0 aliphatic rings. The average Bonchev–Trinajstić information content (AvgIpc) is 3.04. The molecule has 4 aromatic rings. The van der Waals surface area contributed by atoms with Crippen molar-refractivity contribution in [2.75, 3.05) is 5.32 Å². The first-order valence-electron chi connectivity index (χ1n) is 7.79. The van der Waals surface area contributed by atoms with Crippen LogP contribution in [-0.4, -0.2) is 17.1 Å². The molecule has 0 aliphatic carbocycles. The Hall–Kier alpha value is -3.06. The van der Waals surface area contributed by atoms with Crippen LogP contribution in [0.15, 0.2) is 59.0 Å². The molecule has 0 bridgehead atoms. The van der Waals surface area contributed by atoms with Crippen LogP contribution in [-0.2, 0) is 4.79 Å². The molecule has 0 radical (unpaired) electrons. The number of fused-ring (bicyclic) bond motifs is 2. The highest BCUT2D eigenvalue weighted by molar-refractivity contribution is 6.35. The number of rotatable bonds is 2. The van der Waals surface area contributed by atoms with Crippen molar-refractivity contribution in [2.24, 2.45) is 0 Å². The van der Waals surface area contributed by atoms with Crippen LogP contribution in [0.3, 0.4) is 0 Å². The Morgan fingerprint density at radius 1 is 1.04 bits per heavy atom. The Kier molecular flexibility index (Phi) is 4.04. The number of anilines is 1. The minimum atomic E-state index is -4.97. The fourth-order valence-electron chi connectivity index (χ4n) is 2.78. The summed E-state index contributed by atoms with van der Waals surface area (Å²) in [5.41, 5.74) is 1.37. The standard InChI is InChI=1S/C19H10ClF3N2O2/c20-14-6-2-3-11-12(14)4-1-5-13(11)17-25-15-8-7-10(9-16(15)27-17)24-18(26)19(21,22)23/h1-9H,(H,24,26). The summed E-state index contributed by atoms with van der Waals surface area (Å²) in [6.07, 6.45) is -4.97. The molecule has 0 spiro atoms. The van der Waals surface area contributed by atoms with E-state index >= 15 is 0 Å². The van der Waals surface area contributed by atoms with E-state index in [0.29, 0.717) is 22.0 Å². The molecular weight excluding hydrogens is 381 g/mol. The van der Waals surface area contributed by atoms with Gasteiger partial charge in [-0.05, 0) is 29.7 Å². The Morgan fingerprint density at radius 3 is 2.56 bits per heavy atom. The summed E-state index contributed by atoms with van der Waals surface area (Å²) in [6, 6.07) is 15.1. The number of hydrogen-bond donors (Lipinski definition) is 1. The second kappa shape index (κ2) is 6.28. The molecule has 0 fully saturated rings. The van der Waals surface area contributed by atoms with Crippen LogP contribution in [0, 0.1) is 0 Å². The van der Waals surface area contributed by atoms with Gasteiger partial charge in [-0.25, -0.2) is 4.98 Å². The van der Waals surface area contributed by atoms with Crippen molar-refractivity contribution in [1.82, 2.24) is 4.98 Å². The van der Waals surface area contributed by atoms with Gasteiger partial charge in [0.15, 0.2) is 5.58 Å². The molecule has 1 heterocycles. The SMILES string of the molecule is O=C(Nc1ccc2nc(-c3cccc4c(Cl)cccc34)oc2c1)C(F)(F)F. The van der Waals surface area contributed by atoms with Gasteiger partial charge in [0.25, 0.3) is 0 Å². The third-order valence-electron chi connectivity index (χ3n) is 4.00. The lowest BCUT2D eigenvalue weighted by molar-refractivity contribution is -0.167. The van der Waals surface area contributed by atoms with E-state index in [2.05, 4.69) is 4.98 Å². The van der Waals surface area contributed by atoms with Gasteiger partial charge >= 0.3 is 12.1 Å². The van der Waals surface area contributed by atoms with Gasteiger partial charge in [-0.3, -0.25) is 4.79 Å². The number of aromatic nitrogens is 1. The number of hydrogen-bond acceptors (Lipinski definition) is 3. The van der Waals surface area contributed by atoms with Gasteiger partial charge in [0, 0.05) is 27.7 Å². The van der Waals surface area contributed by atoms with Crippen molar-refractivity contribution in [3.63, 3.8) is 0 Å². The molecule has 0 unspecified atom stereocenters. The number of halogens is 4. The van der Waals surface area contributed by atoms with Gasteiger partial charge in [-0.1, -0.05) is 35.9 Å². The largest absolute Gasteiger partial charge is 0.471 e. The van der Waals surface area contributed by atoms with E-state index in [4.69, 9.17) is 16.0 Å². The maximum absolute atomic E-state index is 12.4. The average molecular weight is 391 g/mol. The van der Waals surface area contributed by atoms with Crippen LogP contribution in [0.4, 0.5) is 18.9 Å². The van der Waals surface area contributed by atoms with Crippen LogP contribution in [0.5, 0.6) is 0 Å². The number of nitrogens with zero attached hydrogens (tertiary/aromatic N) is 1. The van der Waals surface area contributed by atoms with Gasteiger partial charge in [0.05, 0.1) is 0 Å². The van der Waals surface area contributed by atoms with E-state index in [0.717, 1.165) is 10.8 Å². The lowest BCUT2D eigenvalue weighted by Gasteiger charge is -2.07. The van der Waals surface area contributed by atoms with Crippen LogP contribution in [0.25, 0.3) is 33.3 Å². The Balaban J connectivity index is 1.77. The van der Waals surface area contributed by atoms with E-state index in [1.807, 2.05) is 30.3 Å². The zero-order chi connectivity index (χ0) is 19.2. The molecule has 1 aromatic heterocycles. The number of nitrogens with one attached hydrogen (secondary N) is 1. The van der Waals surface area contributed by atoms with Crippen LogP contribution >= 0.6 is 11.6 Å². The van der Waals surface area contributed by atoms with Crippen LogP contribution < -0.4 is 5.32 Å². The first-order valence-corrected chi connectivity index (χ1v) is 8.17. The molecule has 136 valence electrons. The monoisotopic (exact) mass is 390 g/mol. The number of alkyl halides is 3. The van der Waals surface area contributed by atoms with Crippen molar-refractivity contribution in [2.45, 2.75) is 6.18 Å². The van der Waals surface area contributed by atoms with Gasteiger partial charge in [-0.2, -0.15) is 13.2 Å². The summed E-state index contributed by atoms with van der Waals surface area (Å²) < 4.78 is 42.9. The maximum Gasteiger partial charge on any atom is 0.471 e. The van der Waals surface area contributed by atoms with Gasteiger partial charge in [-0.15, -0.1) is 0 Å². The van der Waals surface area contributed by atoms with E-state index in [1.54, 1.807) is 11.4 Å². The summed E-state index contributed by atoms with van der Waals surface area (Å²) in [4.78, 5) is 15.5. The zero-order valence-corrected chi connectivity index (χ0v) is 14.2. The molecule has 0 aliphatic heterocycles. The summed E-state index contributed by atoms with van der Waals surface area (Å²) in [7, 11) is 0. The Labute approximate surface area is 155 Å². The maximum atomic E-state index is 12.4. The van der Waals surface area contributed by atoms with Gasteiger partial charge in [0.2, 0.25) is 5.89 Å². The topological polar surface area (TPSA) is 55.1 Å². The fraction of sp³-hybridized carbons (Fsp3) is 0.0526. The van der Waals surface area contributed by atoms with E-state index in [-0.39, 0.29) is 11.3 Å². The van der Waals surface area contributed by atoms with Crippen molar-refractivity contribution < 1.29 is 22.4 Å². The third kappa shape index (κ3) is 3.21. The summed E-state index contributed by atoms with van der Waals surface area (Å²) in [5, 5.41) is 4.04. The quantitative estimate of drug-likeness (QED) is 0.470. The first-order chi connectivity index (χ1) is 12.8. The van der Waals surface area contributed by atoms with Gasteiger partial charge < -0.3 is 9.73 Å². The minimum absolute atomic E-state index is 0.0338. The number of oxazole rings is 1. The van der Waals surface area contributed by atoms with Crippen molar-refractivity contribution in [1.29, 1.82) is 0 Å². The van der Waals surface area contributed by atoms with Crippen molar-refractivity contribution in [3.8, 4) is 11.5 Å². The van der Waals surface area contributed by atoms with Crippen LogP contribution in [0.1, 0.15) is 0 Å². The van der Waals surface area contributed by atoms with Crippen LogP contribution in [0.2, 0.25) is 5.02 Å². The summed E-state index contributed by atoms with van der Waals surface area (Å²) in [5.74, 6) is -1.75. The summed E-state index contributed by atoms with van der Waals surface area (Å²) >= 11 is 6.22. The zero-order valence-electron chi connectivity index (χ0n) is 13.5. The third-order valence-corrected chi connectivity index (χ3v) is 4.33. The Bertz CT molecular complexity index is 1180. The highest BCUT2D eigenvalue weighted by Gasteiger charge is 2.38. The molecule has 0 saturated heterocycles. The summed E-state index contributed by atoms with van der Waals surface area (Å²) in [6.45, 7) is 0. The molecule has 1 amide bonds. The van der Waals surface area contributed by atoms with E-state index < -0.39 is 12.1 Å². The predicted octanol–water partition coefficient (Wildman–Crippen LogP) is 5.80. The second-order valence-corrected chi connectivity index (χ2v) is 6.20. The smallest absolute Gasteiger partial charge is 0.436 e. The number of carbonyl (C=O) groups is 1. The normalized spacial score (nSPS) is 11.9. The second-order valence-electron chi connectivity index (χ2n) is 5.79. The molecule has 1 N–H and O–H groups in total.